The summed E-state index contributed by atoms with van der Waals surface area (Å²) < 4.78 is 4.58. The minimum absolute atomic E-state index is 0.213. The Morgan fingerprint density at radius 2 is 2.28 bits per heavy atom. The van der Waals surface area contributed by atoms with E-state index in [1.165, 1.54) is 20.0 Å². The molecule has 6 heteroatoms. The van der Waals surface area contributed by atoms with E-state index in [0.717, 1.165) is 5.82 Å². The topological polar surface area (TPSA) is 81.3 Å². The van der Waals surface area contributed by atoms with Gasteiger partial charge in [0.1, 0.15) is 0 Å². The molecule has 1 aliphatic rings. The number of anilines is 1. The first-order valence-corrected chi connectivity index (χ1v) is 6.02. The number of ether oxygens (including phenoxy) is 1. The SMILES string of the molecule is COC(=O)c1ccc(N(C)C(CN)C2CC2)nn1. The Morgan fingerprint density at radius 1 is 1.56 bits per heavy atom. The summed E-state index contributed by atoms with van der Waals surface area (Å²) in [4.78, 5) is 13.3. The Bertz CT molecular complexity index is 417. The molecule has 1 aliphatic carbocycles. The fourth-order valence-corrected chi connectivity index (χ4v) is 2.04. The Hall–Kier alpha value is -1.69. The molecule has 0 aliphatic heterocycles. The lowest BCUT2D eigenvalue weighted by Gasteiger charge is -2.27. The zero-order chi connectivity index (χ0) is 13.1. The van der Waals surface area contributed by atoms with Gasteiger partial charge in [-0.15, -0.1) is 10.2 Å². The largest absolute Gasteiger partial charge is 0.464 e. The summed E-state index contributed by atoms with van der Waals surface area (Å²) in [5.74, 6) is 0.904. The highest BCUT2D eigenvalue weighted by atomic mass is 16.5. The molecule has 1 atom stereocenters. The predicted octanol–water partition coefficient (Wildman–Crippen LogP) is 0.437. The quantitative estimate of drug-likeness (QED) is 0.763. The van der Waals surface area contributed by atoms with E-state index in [2.05, 4.69) is 14.9 Å². The number of methoxy groups -OCH3 is 1. The number of esters is 1. The van der Waals surface area contributed by atoms with Crippen molar-refractivity contribution in [1.82, 2.24) is 10.2 Å². The van der Waals surface area contributed by atoms with Crippen LogP contribution in [-0.2, 0) is 4.74 Å². The Balaban J connectivity index is 2.10. The maximum Gasteiger partial charge on any atom is 0.358 e. The predicted molar refractivity (Wildman–Crippen MR) is 67.3 cm³/mol. The van der Waals surface area contributed by atoms with Gasteiger partial charge in [0.15, 0.2) is 11.5 Å². The number of carbonyl (C=O) groups excluding carboxylic acids is 1. The third-order valence-electron chi connectivity index (χ3n) is 3.31. The third kappa shape index (κ3) is 2.59. The first-order chi connectivity index (χ1) is 8.67. The van der Waals surface area contributed by atoms with Crippen LogP contribution in [0.15, 0.2) is 12.1 Å². The molecule has 0 saturated heterocycles. The van der Waals surface area contributed by atoms with Gasteiger partial charge >= 0.3 is 5.97 Å². The average Bonchev–Trinajstić information content (AvgIpc) is 3.23. The van der Waals surface area contributed by atoms with Crippen molar-refractivity contribution in [1.29, 1.82) is 0 Å². The number of carbonyl (C=O) groups is 1. The Morgan fingerprint density at radius 3 is 2.72 bits per heavy atom. The van der Waals surface area contributed by atoms with Crippen LogP contribution in [-0.4, -0.2) is 42.9 Å². The van der Waals surface area contributed by atoms with E-state index in [4.69, 9.17) is 5.73 Å². The molecule has 2 rings (SSSR count). The second-order valence-electron chi connectivity index (χ2n) is 4.52. The number of nitrogens with zero attached hydrogens (tertiary/aromatic N) is 3. The summed E-state index contributed by atoms with van der Waals surface area (Å²) in [6.45, 7) is 0.599. The maximum atomic E-state index is 11.2. The van der Waals surface area contributed by atoms with Crippen molar-refractivity contribution in [2.45, 2.75) is 18.9 Å². The van der Waals surface area contributed by atoms with Gasteiger partial charge in [0.05, 0.1) is 7.11 Å². The van der Waals surface area contributed by atoms with E-state index in [9.17, 15) is 4.79 Å². The van der Waals surface area contributed by atoms with Crippen LogP contribution < -0.4 is 10.6 Å². The summed E-state index contributed by atoms with van der Waals surface area (Å²) in [6.07, 6.45) is 2.44. The lowest BCUT2D eigenvalue weighted by atomic mass is 10.1. The van der Waals surface area contributed by atoms with Crippen LogP contribution in [0.2, 0.25) is 0 Å². The summed E-state index contributed by atoms with van der Waals surface area (Å²) >= 11 is 0. The molecule has 6 nitrogen and oxygen atoms in total. The van der Waals surface area contributed by atoms with Gasteiger partial charge in [0.2, 0.25) is 0 Å². The van der Waals surface area contributed by atoms with Gasteiger partial charge in [-0.3, -0.25) is 0 Å². The number of hydrogen-bond acceptors (Lipinski definition) is 6. The van der Waals surface area contributed by atoms with E-state index in [1.54, 1.807) is 12.1 Å². The van der Waals surface area contributed by atoms with E-state index in [1.807, 2.05) is 11.9 Å². The van der Waals surface area contributed by atoms with Crippen LogP contribution in [0.4, 0.5) is 5.82 Å². The molecule has 0 amide bonds. The molecule has 1 fully saturated rings. The van der Waals surface area contributed by atoms with Gasteiger partial charge in [-0.05, 0) is 30.9 Å². The first-order valence-electron chi connectivity index (χ1n) is 6.02. The molecule has 0 spiro atoms. The van der Waals surface area contributed by atoms with Gasteiger partial charge in [0.25, 0.3) is 0 Å². The zero-order valence-corrected chi connectivity index (χ0v) is 10.7. The van der Waals surface area contributed by atoms with Gasteiger partial charge in [0, 0.05) is 19.6 Å². The summed E-state index contributed by atoms with van der Waals surface area (Å²) in [6, 6.07) is 3.68. The van der Waals surface area contributed by atoms with Crippen LogP contribution >= 0.6 is 0 Å². The lowest BCUT2D eigenvalue weighted by molar-refractivity contribution is 0.0592. The van der Waals surface area contributed by atoms with Gasteiger partial charge in [-0.25, -0.2) is 4.79 Å². The van der Waals surface area contributed by atoms with Crippen molar-refractivity contribution in [3.8, 4) is 0 Å². The minimum atomic E-state index is -0.478. The summed E-state index contributed by atoms with van der Waals surface area (Å²) in [5, 5.41) is 7.91. The number of nitrogens with two attached hydrogens (primary N) is 1. The second-order valence-corrected chi connectivity index (χ2v) is 4.52. The van der Waals surface area contributed by atoms with Crippen LogP contribution in [0.5, 0.6) is 0 Å². The Labute approximate surface area is 106 Å². The van der Waals surface area contributed by atoms with Crippen LogP contribution in [0, 0.1) is 5.92 Å². The number of likely N-dealkylation sites (N-methyl/N-ethyl adjacent to an activating group) is 1. The molecule has 0 bridgehead atoms. The molecule has 1 unspecified atom stereocenters. The number of rotatable bonds is 5. The molecule has 18 heavy (non-hydrogen) atoms. The molecule has 1 saturated carbocycles. The molecule has 1 aromatic rings. The van der Waals surface area contributed by atoms with Gasteiger partial charge < -0.3 is 15.4 Å². The van der Waals surface area contributed by atoms with Crippen LogP contribution in [0.25, 0.3) is 0 Å². The minimum Gasteiger partial charge on any atom is -0.464 e. The van der Waals surface area contributed by atoms with Crippen LogP contribution in [0.1, 0.15) is 23.3 Å². The first kappa shape index (κ1) is 12.8. The molecule has 1 aromatic heterocycles. The van der Waals surface area contributed by atoms with E-state index < -0.39 is 5.97 Å². The van der Waals surface area contributed by atoms with Gasteiger partial charge in [-0.1, -0.05) is 0 Å². The maximum absolute atomic E-state index is 11.2. The molecule has 98 valence electrons. The summed E-state index contributed by atoms with van der Waals surface area (Å²) in [5.41, 5.74) is 6.00. The van der Waals surface area contributed by atoms with E-state index >= 15 is 0 Å². The molecule has 0 aromatic carbocycles. The Kier molecular flexibility index (Phi) is 3.76. The van der Waals surface area contributed by atoms with Crippen molar-refractivity contribution in [3.05, 3.63) is 17.8 Å². The fraction of sp³-hybridized carbons (Fsp3) is 0.583. The van der Waals surface area contributed by atoms with E-state index in [-0.39, 0.29) is 5.69 Å². The normalized spacial score (nSPS) is 16.2. The monoisotopic (exact) mass is 250 g/mol. The van der Waals surface area contributed by atoms with Crippen LogP contribution in [0.3, 0.4) is 0 Å². The second kappa shape index (κ2) is 5.30. The van der Waals surface area contributed by atoms with E-state index in [0.29, 0.717) is 18.5 Å². The molecule has 1 heterocycles. The standard InChI is InChI=1S/C12H18N4O2/c1-16(10(7-13)8-3-4-8)11-6-5-9(14-15-11)12(17)18-2/h5-6,8,10H,3-4,7,13H2,1-2H3. The molecule has 0 radical (unpaired) electrons. The average molecular weight is 250 g/mol. The smallest absolute Gasteiger partial charge is 0.358 e. The molecular weight excluding hydrogens is 232 g/mol. The van der Waals surface area contributed by atoms with Crippen molar-refractivity contribution in [2.24, 2.45) is 11.7 Å². The zero-order valence-electron chi connectivity index (χ0n) is 10.7. The highest BCUT2D eigenvalue weighted by Crippen LogP contribution is 2.35. The highest BCUT2D eigenvalue weighted by Gasteiger charge is 2.33. The van der Waals surface area contributed by atoms with Gasteiger partial charge in [-0.2, -0.15) is 0 Å². The molecular formula is C12H18N4O2. The lowest BCUT2D eigenvalue weighted by Crippen LogP contribution is -2.40. The van der Waals surface area contributed by atoms with Crippen molar-refractivity contribution >= 4 is 11.8 Å². The van der Waals surface area contributed by atoms with Crippen molar-refractivity contribution in [3.63, 3.8) is 0 Å². The highest BCUT2D eigenvalue weighted by molar-refractivity contribution is 5.86. The summed E-state index contributed by atoms with van der Waals surface area (Å²) in [7, 11) is 3.28. The van der Waals surface area contributed by atoms with Crippen molar-refractivity contribution in [2.75, 3.05) is 25.6 Å². The third-order valence-corrected chi connectivity index (χ3v) is 3.31. The fourth-order valence-electron chi connectivity index (χ4n) is 2.04. The number of aromatic nitrogens is 2. The molecule has 2 N–H and O–H groups in total. The number of hydrogen-bond donors (Lipinski definition) is 1. The van der Waals surface area contributed by atoms with Crippen molar-refractivity contribution < 1.29 is 9.53 Å².